The quantitative estimate of drug-likeness (QED) is 0.511. The number of aromatic nitrogens is 3. The zero-order valence-electron chi connectivity index (χ0n) is 17.2. The molecule has 4 heterocycles. The second-order valence-electron chi connectivity index (χ2n) is 6.73. The molecule has 0 bridgehead atoms. The monoisotopic (exact) mass is 414 g/mol. The second-order valence-corrected chi connectivity index (χ2v) is 7.68. The summed E-state index contributed by atoms with van der Waals surface area (Å²) < 4.78 is 16.2. The SMILES string of the molecule is C=C.CC/C(=N\c1sc(N2CCNCC2)nc1C)c1cc(F)c2nc(C)cn2c1. The third-order valence-corrected chi connectivity index (χ3v) is 5.79. The number of hydrogen-bond acceptors (Lipinski definition) is 6. The van der Waals surface area contributed by atoms with E-state index in [0.717, 1.165) is 59.0 Å². The van der Waals surface area contributed by atoms with Crippen molar-refractivity contribution in [1.82, 2.24) is 19.7 Å². The molecule has 3 aromatic heterocycles. The molecule has 29 heavy (non-hydrogen) atoms. The summed E-state index contributed by atoms with van der Waals surface area (Å²) in [5.41, 5.74) is 3.68. The standard InChI is InChI=1S/C19H23FN6S.C2H4/c1-4-16(14-9-15(20)17-22-12(2)10-26(17)11-14)24-18-13(3)23-19(27-18)25-7-5-21-6-8-25;1-2/h9-11,21H,4-8H2,1-3H3;1-2H2/b24-16+;. The predicted octanol–water partition coefficient (Wildman–Crippen LogP) is 4.29. The molecule has 0 atom stereocenters. The molecule has 4 rings (SSSR count). The largest absolute Gasteiger partial charge is 0.345 e. The van der Waals surface area contributed by atoms with Gasteiger partial charge in [-0.05, 0) is 26.3 Å². The lowest BCUT2D eigenvalue weighted by atomic mass is 10.1. The zero-order chi connectivity index (χ0) is 21.0. The summed E-state index contributed by atoms with van der Waals surface area (Å²) in [6.45, 7) is 15.7. The van der Waals surface area contributed by atoms with Gasteiger partial charge in [-0.1, -0.05) is 18.3 Å². The molecule has 0 spiro atoms. The van der Waals surface area contributed by atoms with E-state index in [1.165, 1.54) is 6.07 Å². The Morgan fingerprint density at radius 2 is 1.97 bits per heavy atom. The summed E-state index contributed by atoms with van der Waals surface area (Å²) in [6, 6.07) is 1.53. The van der Waals surface area contributed by atoms with Crippen molar-refractivity contribution in [1.29, 1.82) is 0 Å². The van der Waals surface area contributed by atoms with Crippen molar-refractivity contribution < 1.29 is 4.39 Å². The molecular weight excluding hydrogens is 387 g/mol. The van der Waals surface area contributed by atoms with Gasteiger partial charge >= 0.3 is 0 Å². The summed E-state index contributed by atoms with van der Waals surface area (Å²) in [5.74, 6) is -0.329. The van der Waals surface area contributed by atoms with E-state index in [1.807, 2.05) is 33.2 Å². The van der Waals surface area contributed by atoms with Crippen LogP contribution in [0.4, 0.5) is 14.5 Å². The normalized spacial score (nSPS) is 14.8. The maximum Gasteiger partial charge on any atom is 0.187 e. The van der Waals surface area contributed by atoms with Crippen molar-refractivity contribution in [3.8, 4) is 0 Å². The minimum atomic E-state index is -0.329. The van der Waals surface area contributed by atoms with Crippen LogP contribution in [0.3, 0.4) is 0 Å². The number of halogens is 1. The molecular formula is C21H27FN6S. The molecule has 1 aliphatic heterocycles. The van der Waals surface area contributed by atoms with Crippen LogP contribution < -0.4 is 10.2 Å². The topological polar surface area (TPSA) is 57.8 Å². The Labute approximate surface area is 174 Å². The Balaban J connectivity index is 0.00000117. The number of fused-ring (bicyclic) bond motifs is 1. The molecule has 0 aliphatic carbocycles. The third kappa shape index (κ3) is 4.54. The molecule has 1 fully saturated rings. The van der Waals surface area contributed by atoms with Gasteiger partial charge in [0.15, 0.2) is 16.6 Å². The summed E-state index contributed by atoms with van der Waals surface area (Å²) in [5, 5.41) is 5.26. The van der Waals surface area contributed by atoms with Gasteiger partial charge in [0.25, 0.3) is 0 Å². The van der Waals surface area contributed by atoms with E-state index in [0.29, 0.717) is 12.1 Å². The lowest BCUT2D eigenvalue weighted by Gasteiger charge is -2.26. The fraction of sp³-hybridized carbons (Fsp3) is 0.381. The van der Waals surface area contributed by atoms with Crippen LogP contribution in [0.15, 0.2) is 36.6 Å². The Morgan fingerprint density at radius 1 is 1.24 bits per heavy atom. The van der Waals surface area contributed by atoms with Crippen LogP contribution >= 0.6 is 11.3 Å². The predicted molar refractivity (Wildman–Crippen MR) is 120 cm³/mol. The number of thiazole rings is 1. The van der Waals surface area contributed by atoms with E-state index >= 15 is 0 Å². The average molecular weight is 415 g/mol. The van der Waals surface area contributed by atoms with Gasteiger partial charge in [0.1, 0.15) is 5.00 Å². The average Bonchev–Trinajstić information content (AvgIpc) is 3.30. The Kier molecular flexibility index (Phi) is 6.76. The number of piperazine rings is 1. The Hall–Kier alpha value is -2.58. The number of aryl methyl sites for hydroxylation is 2. The van der Waals surface area contributed by atoms with Crippen molar-refractivity contribution in [3.63, 3.8) is 0 Å². The maximum absolute atomic E-state index is 14.5. The third-order valence-electron chi connectivity index (χ3n) is 4.68. The van der Waals surface area contributed by atoms with Gasteiger partial charge in [-0.2, -0.15) is 0 Å². The number of nitrogens with zero attached hydrogens (tertiary/aromatic N) is 5. The number of imidazole rings is 1. The van der Waals surface area contributed by atoms with Gasteiger partial charge in [0, 0.05) is 44.1 Å². The van der Waals surface area contributed by atoms with Crippen LogP contribution in [0.1, 0.15) is 30.3 Å². The molecule has 3 aromatic rings. The summed E-state index contributed by atoms with van der Waals surface area (Å²) in [7, 11) is 0. The van der Waals surface area contributed by atoms with Crippen LogP contribution in [0.2, 0.25) is 0 Å². The molecule has 0 amide bonds. The van der Waals surface area contributed by atoms with E-state index < -0.39 is 0 Å². The van der Waals surface area contributed by atoms with Crippen molar-refractivity contribution in [3.05, 3.63) is 54.4 Å². The van der Waals surface area contributed by atoms with E-state index in [1.54, 1.807) is 15.7 Å². The molecule has 0 aromatic carbocycles. The highest BCUT2D eigenvalue weighted by Gasteiger charge is 2.17. The zero-order valence-corrected chi connectivity index (χ0v) is 18.0. The van der Waals surface area contributed by atoms with Crippen molar-refractivity contribution >= 4 is 32.8 Å². The number of rotatable bonds is 4. The smallest absolute Gasteiger partial charge is 0.187 e. The Morgan fingerprint density at radius 3 is 2.66 bits per heavy atom. The van der Waals surface area contributed by atoms with E-state index in [2.05, 4.69) is 28.4 Å². The minimum Gasteiger partial charge on any atom is -0.345 e. The van der Waals surface area contributed by atoms with Crippen molar-refractivity contribution in [2.24, 2.45) is 4.99 Å². The first kappa shape index (κ1) is 21.1. The van der Waals surface area contributed by atoms with Crippen LogP contribution in [-0.2, 0) is 0 Å². The highest BCUT2D eigenvalue weighted by molar-refractivity contribution is 7.19. The molecule has 0 unspecified atom stereocenters. The van der Waals surface area contributed by atoms with Crippen LogP contribution in [-0.4, -0.2) is 46.3 Å². The number of aliphatic imine (C=N–C) groups is 1. The number of hydrogen-bond donors (Lipinski definition) is 1. The number of pyridine rings is 1. The van der Waals surface area contributed by atoms with Crippen LogP contribution in [0, 0.1) is 19.7 Å². The molecule has 1 N–H and O–H groups in total. The lowest BCUT2D eigenvalue weighted by molar-refractivity contribution is 0.588. The van der Waals surface area contributed by atoms with Crippen LogP contribution in [0.5, 0.6) is 0 Å². The van der Waals surface area contributed by atoms with Gasteiger partial charge < -0.3 is 14.6 Å². The fourth-order valence-corrected chi connectivity index (χ4v) is 4.29. The fourth-order valence-electron chi connectivity index (χ4n) is 3.28. The summed E-state index contributed by atoms with van der Waals surface area (Å²) in [6.07, 6.45) is 4.43. The molecule has 8 heteroatoms. The van der Waals surface area contributed by atoms with Crippen molar-refractivity contribution in [2.45, 2.75) is 27.2 Å². The minimum absolute atomic E-state index is 0.329. The summed E-state index contributed by atoms with van der Waals surface area (Å²) >= 11 is 1.60. The number of nitrogens with one attached hydrogen (secondary N) is 1. The Bertz CT molecular complexity index is 1020. The van der Waals surface area contributed by atoms with Gasteiger partial charge in [-0.3, -0.25) is 0 Å². The molecule has 1 saturated heterocycles. The van der Waals surface area contributed by atoms with Gasteiger partial charge in [0.2, 0.25) is 0 Å². The first-order valence-electron chi connectivity index (χ1n) is 9.71. The van der Waals surface area contributed by atoms with E-state index in [9.17, 15) is 4.39 Å². The highest BCUT2D eigenvalue weighted by atomic mass is 32.1. The second kappa shape index (κ2) is 9.28. The molecule has 0 radical (unpaired) electrons. The molecule has 154 valence electrons. The first-order valence-corrected chi connectivity index (χ1v) is 10.5. The number of anilines is 1. The summed E-state index contributed by atoms with van der Waals surface area (Å²) in [4.78, 5) is 16.1. The highest BCUT2D eigenvalue weighted by Crippen LogP contribution is 2.34. The lowest BCUT2D eigenvalue weighted by Crippen LogP contribution is -2.43. The molecule has 1 aliphatic rings. The van der Waals surface area contributed by atoms with Crippen molar-refractivity contribution in [2.75, 3.05) is 31.1 Å². The van der Waals surface area contributed by atoms with Gasteiger partial charge in [-0.25, -0.2) is 19.4 Å². The first-order chi connectivity index (χ1) is 14.0. The van der Waals surface area contributed by atoms with E-state index in [4.69, 9.17) is 9.98 Å². The molecule has 6 nitrogen and oxygen atoms in total. The maximum atomic E-state index is 14.5. The molecule has 0 saturated carbocycles. The van der Waals surface area contributed by atoms with Crippen LogP contribution in [0.25, 0.3) is 5.65 Å². The van der Waals surface area contributed by atoms with Gasteiger partial charge in [-0.15, -0.1) is 13.2 Å². The van der Waals surface area contributed by atoms with Gasteiger partial charge in [0.05, 0.1) is 17.1 Å². The van der Waals surface area contributed by atoms with E-state index in [-0.39, 0.29) is 5.82 Å².